The highest BCUT2D eigenvalue weighted by molar-refractivity contribution is 5.81. The van der Waals surface area contributed by atoms with Crippen LogP contribution in [-0.2, 0) is 6.42 Å². The van der Waals surface area contributed by atoms with Crippen LogP contribution in [0.3, 0.4) is 0 Å². The van der Waals surface area contributed by atoms with Gasteiger partial charge in [0, 0.05) is 18.1 Å². The van der Waals surface area contributed by atoms with Crippen molar-refractivity contribution in [3.63, 3.8) is 0 Å². The van der Waals surface area contributed by atoms with Crippen LogP contribution in [0.5, 0.6) is 11.5 Å². The van der Waals surface area contributed by atoms with Crippen molar-refractivity contribution >= 4 is 11.0 Å². The van der Waals surface area contributed by atoms with E-state index >= 15 is 0 Å². The van der Waals surface area contributed by atoms with Crippen LogP contribution in [0.1, 0.15) is 11.1 Å². The molecular weight excluding hydrogens is 268 g/mol. The highest BCUT2D eigenvalue weighted by Crippen LogP contribution is 2.30. The Kier molecular flexibility index (Phi) is 3.36. The highest BCUT2D eigenvalue weighted by atomic mass is 16.5. The largest absolute Gasteiger partial charge is 0.504 e. The van der Waals surface area contributed by atoms with Crippen LogP contribution < -0.4 is 10.2 Å². The molecule has 106 valence electrons. The number of phenolic OH excluding ortho intramolecular Hbond substituents is 1. The van der Waals surface area contributed by atoms with Gasteiger partial charge < -0.3 is 14.3 Å². The quantitative estimate of drug-likeness (QED) is 0.802. The summed E-state index contributed by atoms with van der Waals surface area (Å²) in [6.45, 7) is 0. The molecule has 3 rings (SSSR count). The number of hydrogen-bond acceptors (Lipinski definition) is 4. The van der Waals surface area contributed by atoms with Crippen molar-refractivity contribution in [2.45, 2.75) is 6.42 Å². The summed E-state index contributed by atoms with van der Waals surface area (Å²) in [5, 5.41) is 10.1. The molecule has 0 radical (unpaired) electrons. The number of hydrogen-bond donors (Lipinski definition) is 1. The summed E-state index contributed by atoms with van der Waals surface area (Å²) in [5.74, 6) is 0.204. The molecule has 21 heavy (non-hydrogen) atoms. The molecule has 4 nitrogen and oxygen atoms in total. The van der Waals surface area contributed by atoms with Gasteiger partial charge in [-0.05, 0) is 11.6 Å². The van der Waals surface area contributed by atoms with Gasteiger partial charge in [0.2, 0.25) is 0 Å². The molecule has 0 amide bonds. The van der Waals surface area contributed by atoms with Gasteiger partial charge in [0.25, 0.3) is 0 Å². The van der Waals surface area contributed by atoms with E-state index in [4.69, 9.17) is 9.15 Å². The monoisotopic (exact) mass is 282 g/mol. The Morgan fingerprint density at radius 1 is 1.19 bits per heavy atom. The molecule has 1 heterocycles. The molecule has 2 aromatic carbocycles. The maximum atomic E-state index is 12.5. The van der Waals surface area contributed by atoms with Crippen molar-refractivity contribution < 1.29 is 14.3 Å². The third-order valence-electron chi connectivity index (χ3n) is 3.38. The molecule has 0 atom stereocenters. The molecule has 0 spiro atoms. The molecule has 0 fully saturated rings. The third-order valence-corrected chi connectivity index (χ3v) is 3.38. The number of methoxy groups -OCH3 is 1. The number of benzene rings is 2. The maximum Gasteiger partial charge on any atom is 0.196 e. The summed E-state index contributed by atoms with van der Waals surface area (Å²) in [7, 11) is 1.44. The molecule has 0 saturated heterocycles. The van der Waals surface area contributed by atoms with Crippen molar-refractivity contribution in [3.8, 4) is 11.5 Å². The third kappa shape index (κ3) is 2.48. The fraction of sp³-hybridized carbons (Fsp3) is 0.118. The lowest BCUT2D eigenvalue weighted by atomic mass is 10.0. The minimum absolute atomic E-state index is 0.0519. The van der Waals surface area contributed by atoms with E-state index in [1.54, 1.807) is 0 Å². The Bertz CT molecular complexity index is 835. The summed E-state index contributed by atoms with van der Waals surface area (Å²) in [4.78, 5) is 12.5. The summed E-state index contributed by atoms with van der Waals surface area (Å²) in [6, 6.07) is 12.6. The second kappa shape index (κ2) is 5.32. The summed E-state index contributed by atoms with van der Waals surface area (Å²) in [5.41, 5.74) is 1.84. The standard InChI is InChI=1S/C17H14O4/c1-20-16-8-13-15(9-14(16)18)21-10-12(17(13)19)7-11-5-3-2-4-6-11/h2-6,8-10,18H,7H2,1H3. The lowest BCUT2D eigenvalue weighted by molar-refractivity contribution is 0.373. The second-order valence-electron chi connectivity index (χ2n) is 4.77. The van der Waals surface area contributed by atoms with Gasteiger partial charge in [0.1, 0.15) is 5.58 Å². The molecule has 1 N–H and O–H groups in total. The van der Waals surface area contributed by atoms with Gasteiger partial charge in [0.15, 0.2) is 16.9 Å². The van der Waals surface area contributed by atoms with E-state index in [9.17, 15) is 9.90 Å². The van der Waals surface area contributed by atoms with Gasteiger partial charge >= 0.3 is 0 Å². The van der Waals surface area contributed by atoms with Gasteiger partial charge in [-0.15, -0.1) is 0 Å². The Morgan fingerprint density at radius 3 is 2.67 bits per heavy atom. The van der Waals surface area contributed by atoms with Crippen LogP contribution in [0.2, 0.25) is 0 Å². The predicted molar refractivity (Wildman–Crippen MR) is 79.9 cm³/mol. The first-order chi connectivity index (χ1) is 10.2. The first-order valence-corrected chi connectivity index (χ1v) is 6.54. The molecule has 0 aliphatic carbocycles. The van der Waals surface area contributed by atoms with Crippen molar-refractivity contribution in [1.82, 2.24) is 0 Å². The van der Waals surface area contributed by atoms with E-state index in [-0.39, 0.29) is 16.9 Å². The summed E-state index contributed by atoms with van der Waals surface area (Å²) in [6.07, 6.45) is 1.95. The van der Waals surface area contributed by atoms with Crippen LogP contribution in [0.4, 0.5) is 0 Å². The molecule has 4 heteroatoms. The fourth-order valence-electron chi connectivity index (χ4n) is 2.29. The Hall–Kier alpha value is -2.75. The number of phenols is 1. The van der Waals surface area contributed by atoms with Gasteiger partial charge in [-0.3, -0.25) is 4.79 Å². The lowest BCUT2D eigenvalue weighted by Crippen LogP contribution is -2.09. The molecule has 3 aromatic rings. The van der Waals surface area contributed by atoms with Crippen molar-refractivity contribution in [1.29, 1.82) is 0 Å². The van der Waals surface area contributed by atoms with Crippen LogP contribution in [0.15, 0.2) is 57.9 Å². The molecule has 0 aliphatic rings. The molecule has 0 unspecified atom stereocenters. The first kappa shape index (κ1) is 13.2. The van der Waals surface area contributed by atoms with E-state index in [1.165, 1.54) is 25.5 Å². The van der Waals surface area contributed by atoms with Crippen LogP contribution in [-0.4, -0.2) is 12.2 Å². The van der Waals surface area contributed by atoms with E-state index in [0.717, 1.165) is 5.56 Å². The van der Waals surface area contributed by atoms with Crippen LogP contribution in [0.25, 0.3) is 11.0 Å². The maximum absolute atomic E-state index is 12.5. The first-order valence-electron chi connectivity index (χ1n) is 6.54. The topological polar surface area (TPSA) is 59.7 Å². The Labute approximate surface area is 121 Å². The average molecular weight is 282 g/mol. The van der Waals surface area contributed by atoms with Gasteiger partial charge in [-0.2, -0.15) is 0 Å². The lowest BCUT2D eigenvalue weighted by Gasteiger charge is -2.06. The normalized spacial score (nSPS) is 10.7. The number of aromatic hydroxyl groups is 1. The van der Waals surface area contributed by atoms with E-state index in [0.29, 0.717) is 23.0 Å². The molecule has 0 aliphatic heterocycles. The fourth-order valence-corrected chi connectivity index (χ4v) is 2.29. The minimum atomic E-state index is -0.113. The van der Waals surface area contributed by atoms with Crippen molar-refractivity contribution in [2.75, 3.05) is 7.11 Å². The van der Waals surface area contributed by atoms with E-state index < -0.39 is 0 Å². The average Bonchev–Trinajstić information content (AvgIpc) is 2.51. The molecular formula is C17H14O4. The smallest absolute Gasteiger partial charge is 0.196 e. The zero-order valence-corrected chi connectivity index (χ0v) is 11.5. The van der Waals surface area contributed by atoms with Crippen molar-refractivity contribution in [3.05, 3.63) is 70.1 Å². The number of ether oxygens (including phenoxy) is 1. The Balaban J connectivity index is 2.11. The summed E-state index contributed by atoms with van der Waals surface area (Å²) < 4.78 is 10.5. The molecule has 1 aromatic heterocycles. The van der Waals surface area contributed by atoms with E-state index in [1.807, 2.05) is 30.3 Å². The minimum Gasteiger partial charge on any atom is -0.504 e. The second-order valence-corrected chi connectivity index (χ2v) is 4.77. The van der Waals surface area contributed by atoms with Gasteiger partial charge in [0.05, 0.1) is 18.8 Å². The SMILES string of the molecule is COc1cc2c(=O)c(Cc3ccccc3)coc2cc1O. The van der Waals surface area contributed by atoms with Crippen LogP contribution >= 0.6 is 0 Å². The Morgan fingerprint density at radius 2 is 1.95 bits per heavy atom. The van der Waals surface area contributed by atoms with Crippen LogP contribution in [0, 0.1) is 0 Å². The zero-order valence-electron chi connectivity index (χ0n) is 11.5. The predicted octanol–water partition coefficient (Wildman–Crippen LogP) is 3.10. The summed E-state index contributed by atoms with van der Waals surface area (Å²) >= 11 is 0. The number of fused-ring (bicyclic) bond motifs is 1. The zero-order chi connectivity index (χ0) is 14.8. The molecule has 0 bridgehead atoms. The van der Waals surface area contributed by atoms with Crippen molar-refractivity contribution in [2.24, 2.45) is 0 Å². The highest BCUT2D eigenvalue weighted by Gasteiger charge is 2.12. The van der Waals surface area contributed by atoms with E-state index in [2.05, 4.69) is 0 Å². The number of rotatable bonds is 3. The van der Waals surface area contributed by atoms with Gasteiger partial charge in [-0.1, -0.05) is 30.3 Å². The molecule has 0 saturated carbocycles. The van der Waals surface area contributed by atoms with Gasteiger partial charge in [-0.25, -0.2) is 0 Å².